The maximum atomic E-state index is 12.1. The molecule has 1 aromatic rings. The third kappa shape index (κ3) is 3.69. The second kappa shape index (κ2) is 7.35. The highest BCUT2D eigenvalue weighted by Gasteiger charge is 2.51. The fraction of sp³-hybridized carbons (Fsp3) is 0.333. The largest absolute Gasteiger partial charge is 0.469 e. The van der Waals surface area contributed by atoms with Crippen LogP contribution in [0.25, 0.3) is 0 Å². The van der Waals surface area contributed by atoms with Crippen molar-refractivity contribution in [2.75, 3.05) is 14.2 Å². The van der Waals surface area contributed by atoms with Crippen LogP contribution in [0, 0.1) is 0 Å². The molecular weight excluding hydrogens is 292 g/mol. The van der Waals surface area contributed by atoms with E-state index in [1.807, 2.05) is 0 Å². The van der Waals surface area contributed by atoms with Crippen molar-refractivity contribution in [2.24, 2.45) is 0 Å². The molecule has 0 amide bonds. The first-order valence-corrected chi connectivity index (χ1v) is 6.32. The summed E-state index contributed by atoms with van der Waals surface area (Å²) in [5.41, 5.74) is -2.24. The van der Waals surface area contributed by atoms with E-state index in [1.54, 1.807) is 18.2 Å². The molecule has 118 valence electrons. The number of carbonyl (C=O) groups excluding carboxylic acids is 4. The topological polar surface area (TPSA) is 96.0 Å². The van der Waals surface area contributed by atoms with Crippen molar-refractivity contribution in [1.29, 1.82) is 0 Å². The van der Waals surface area contributed by atoms with Crippen molar-refractivity contribution in [3.63, 3.8) is 0 Å². The minimum atomic E-state index is -2.37. The van der Waals surface area contributed by atoms with E-state index in [0.29, 0.717) is 0 Å². The summed E-state index contributed by atoms with van der Waals surface area (Å²) in [6.45, 7) is 1.03. The molecule has 7 heteroatoms. The number of ether oxygens (including phenoxy) is 3. The minimum absolute atomic E-state index is 0.127. The van der Waals surface area contributed by atoms with Crippen LogP contribution in [-0.4, -0.2) is 43.5 Å². The Balaban J connectivity index is 3.19. The van der Waals surface area contributed by atoms with E-state index in [2.05, 4.69) is 9.47 Å². The first-order valence-electron chi connectivity index (χ1n) is 6.32. The molecule has 0 spiro atoms. The molecule has 0 saturated carbocycles. The number of hydrogen-bond acceptors (Lipinski definition) is 7. The Morgan fingerprint density at radius 3 is 2.05 bits per heavy atom. The average molecular weight is 308 g/mol. The summed E-state index contributed by atoms with van der Waals surface area (Å²) in [4.78, 5) is 47.5. The first-order chi connectivity index (χ1) is 10.4. The molecular formula is C15H16O7. The number of Topliss-reactive ketones (excluding diaryl/α,β-unsaturated/α-hetero) is 1. The van der Waals surface area contributed by atoms with E-state index in [-0.39, 0.29) is 5.56 Å². The van der Waals surface area contributed by atoms with Crippen LogP contribution in [0.15, 0.2) is 30.3 Å². The maximum Gasteiger partial charge on any atom is 0.358 e. The fourth-order valence-electron chi connectivity index (χ4n) is 1.72. The molecule has 0 aliphatic heterocycles. The van der Waals surface area contributed by atoms with Crippen molar-refractivity contribution in [1.82, 2.24) is 0 Å². The zero-order valence-electron chi connectivity index (χ0n) is 12.5. The van der Waals surface area contributed by atoms with E-state index >= 15 is 0 Å². The van der Waals surface area contributed by atoms with E-state index in [1.165, 1.54) is 12.1 Å². The number of benzene rings is 1. The summed E-state index contributed by atoms with van der Waals surface area (Å²) in [7, 11) is 2.11. The van der Waals surface area contributed by atoms with Crippen molar-refractivity contribution in [2.45, 2.75) is 18.9 Å². The van der Waals surface area contributed by atoms with Crippen LogP contribution in [0.5, 0.6) is 0 Å². The lowest BCUT2D eigenvalue weighted by Gasteiger charge is -2.27. The Kier molecular flexibility index (Phi) is 5.80. The quantitative estimate of drug-likeness (QED) is 0.438. The summed E-state index contributed by atoms with van der Waals surface area (Å²) in [6, 6.07) is 7.75. The van der Waals surface area contributed by atoms with Crippen LogP contribution >= 0.6 is 0 Å². The summed E-state index contributed by atoms with van der Waals surface area (Å²) >= 11 is 0. The number of rotatable bonds is 6. The van der Waals surface area contributed by atoms with Crippen molar-refractivity contribution >= 4 is 23.7 Å². The second-order valence-electron chi connectivity index (χ2n) is 4.38. The highest BCUT2D eigenvalue weighted by Crippen LogP contribution is 2.23. The number of carbonyl (C=O) groups is 4. The van der Waals surface area contributed by atoms with E-state index in [9.17, 15) is 19.2 Å². The molecule has 1 atom stereocenters. The third-order valence-electron chi connectivity index (χ3n) is 2.98. The van der Waals surface area contributed by atoms with Gasteiger partial charge in [-0.25, -0.2) is 9.59 Å². The van der Waals surface area contributed by atoms with Gasteiger partial charge in [-0.15, -0.1) is 0 Å². The molecule has 0 saturated heterocycles. The van der Waals surface area contributed by atoms with E-state index < -0.39 is 35.7 Å². The minimum Gasteiger partial charge on any atom is -0.469 e. The molecule has 0 unspecified atom stereocenters. The summed E-state index contributed by atoms with van der Waals surface area (Å²) in [6.07, 6.45) is -0.760. The molecule has 22 heavy (non-hydrogen) atoms. The Morgan fingerprint density at radius 1 is 1.00 bits per heavy atom. The zero-order chi connectivity index (χ0) is 16.8. The number of methoxy groups -OCH3 is 2. The first kappa shape index (κ1) is 17.4. The van der Waals surface area contributed by atoms with E-state index in [4.69, 9.17) is 4.74 Å². The molecule has 0 heterocycles. The molecule has 0 bridgehead atoms. The second-order valence-corrected chi connectivity index (χ2v) is 4.38. The lowest BCUT2D eigenvalue weighted by atomic mass is 9.94. The SMILES string of the molecule is COC(=O)C[C@](OC(=O)c1ccccc1)(C(C)=O)C(=O)OC. The Morgan fingerprint density at radius 2 is 1.59 bits per heavy atom. The van der Waals surface area contributed by atoms with Crippen molar-refractivity contribution in [3.05, 3.63) is 35.9 Å². The van der Waals surface area contributed by atoms with E-state index in [0.717, 1.165) is 21.1 Å². The normalized spacial score (nSPS) is 12.7. The van der Waals surface area contributed by atoms with Gasteiger partial charge in [-0.05, 0) is 19.1 Å². The van der Waals surface area contributed by atoms with Gasteiger partial charge >= 0.3 is 17.9 Å². The Labute approximate surface area is 127 Å². The molecule has 0 fully saturated rings. The van der Waals surface area contributed by atoms with Gasteiger partial charge in [0.25, 0.3) is 5.60 Å². The Bertz CT molecular complexity index is 579. The average Bonchev–Trinajstić information content (AvgIpc) is 2.53. The maximum absolute atomic E-state index is 12.1. The van der Waals surface area contributed by atoms with Gasteiger partial charge in [-0.3, -0.25) is 9.59 Å². The molecule has 1 aromatic carbocycles. The smallest absolute Gasteiger partial charge is 0.358 e. The van der Waals surface area contributed by atoms with Crippen LogP contribution in [0.3, 0.4) is 0 Å². The number of ketones is 1. The predicted molar refractivity (Wildman–Crippen MR) is 73.9 cm³/mol. The standard InChI is InChI=1S/C15H16O7/c1-10(16)15(14(19)21-3,9-12(17)20-2)22-13(18)11-7-5-4-6-8-11/h4-8H,9H2,1-3H3/t15-/m0/s1. The molecule has 0 aliphatic rings. The van der Waals surface area contributed by atoms with Gasteiger partial charge in [0.15, 0.2) is 5.78 Å². The van der Waals surface area contributed by atoms with Crippen molar-refractivity contribution < 1.29 is 33.4 Å². The molecule has 7 nitrogen and oxygen atoms in total. The predicted octanol–water partition coefficient (Wildman–Crippen LogP) is 0.907. The van der Waals surface area contributed by atoms with Gasteiger partial charge in [-0.1, -0.05) is 18.2 Å². The lowest BCUT2D eigenvalue weighted by molar-refractivity contribution is -0.174. The third-order valence-corrected chi connectivity index (χ3v) is 2.98. The van der Waals surface area contributed by atoms with Gasteiger partial charge in [0.1, 0.15) is 6.42 Å². The van der Waals surface area contributed by atoms with Gasteiger partial charge in [0.05, 0.1) is 19.8 Å². The molecule has 0 aromatic heterocycles. The summed E-state index contributed by atoms with van der Waals surface area (Å²) < 4.78 is 14.0. The highest BCUT2D eigenvalue weighted by molar-refractivity contribution is 6.11. The molecule has 1 rings (SSSR count). The summed E-state index contributed by atoms with van der Waals surface area (Å²) in [5.74, 6) is -3.80. The van der Waals surface area contributed by atoms with Gasteiger partial charge in [-0.2, -0.15) is 0 Å². The molecule has 0 aliphatic carbocycles. The summed E-state index contributed by atoms with van der Waals surface area (Å²) in [5, 5.41) is 0. The zero-order valence-corrected chi connectivity index (χ0v) is 12.5. The lowest BCUT2D eigenvalue weighted by Crippen LogP contribution is -2.51. The number of esters is 3. The monoisotopic (exact) mass is 308 g/mol. The molecule has 0 radical (unpaired) electrons. The van der Waals surface area contributed by atoms with Gasteiger partial charge < -0.3 is 14.2 Å². The van der Waals surface area contributed by atoms with Crippen LogP contribution in [0.1, 0.15) is 23.7 Å². The fourth-order valence-corrected chi connectivity index (χ4v) is 1.72. The van der Waals surface area contributed by atoms with Gasteiger partial charge in [0.2, 0.25) is 0 Å². The Hall–Kier alpha value is -2.70. The van der Waals surface area contributed by atoms with Crippen LogP contribution in [0.4, 0.5) is 0 Å². The molecule has 0 N–H and O–H groups in total. The highest BCUT2D eigenvalue weighted by atomic mass is 16.6. The number of hydrogen-bond donors (Lipinski definition) is 0. The van der Waals surface area contributed by atoms with Crippen LogP contribution in [-0.2, 0) is 28.6 Å². The van der Waals surface area contributed by atoms with Crippen molar-refractivity contribution in [3.8, 4) is 0 Å². The van der Waals surface area contributed by atoms with Crippen LogP contribution in [0.2, 0.25) is 0 Å². The van der Waals surface area contributed by atoms with Crippen LogP contribution < -0.4 is 0 Å². The van der Waals surface area contributed by atoms with Gasteiger partial charge in [0, 0.05) is 0 Å².